The minimum Gasteiger partial charge on any atom is -0.450 e. The third-order valence-electron chi connectivity index (χ3n) is 5.49. The first-order chi connectivity index (χ1) is 18.3. The van der Waals surface area contributed by atoms with E-state index < -0.39 is 18.2 Å². The largest absolute Gasteiger partial charge is 0.450 e. The Morgan fingerprint density at radius 2 is 1.77 bits per heavy atom. The molecule has 4 N–H and O–H groups in total. The van der Waals surface area contributed by atoms with Crippen molar-refractivity contribution in [2.75, 3.05) is 13.2 Å². The van der Waals surface area contributed by atoms with Gasteiger partial charge in [-0.1, -0.05) is 73.6 Å². The minimum atomic E-state index is -0.711. The third-order valence-corrected chi connectivity index (χ3v) is 5.49. The molecule has 1 aromatic carbocycles. The molecule has 9 heteroatoms. The predicted octanol–water partition coefficient (Wildman–Crippen LogP) is 5.55. The van der Waals surface area contributed by atoms with E-state index in [-0.39, 0.29) is 23.1 Å². The molecule has 0 fully saturated rings. The zero-order valence-electron chi connectivity index (χ0n) is 25.3. The molecule has 0 radical (unpaired) electrons. The van der Waals surface area contributed by atoms with Crippen LogP contribution in [0.1, 0.15) is 80.7 Å². The summed E-state index contributed by atoms with van der Waals surface area (Å²) in [6.07, 6.45) is 2.46. The van der Waals surface area contributed by atoms with Gasteiger partial charge in [-0.15, -0.1) is 0 Å². The Morgan fingerprint density at radius 1 is 1.15 bits per heavy atom. The minimum absolute atomic E-state index is 0.0201. The molecule has 3 amide bonds. The summed E-state index contributed by atoms with van der Waals surface area (Å²) >= 11 is 0. The fourth-order valence-electron chi connectivity index (χ4n) is 3.96. The maximum Gasteiger partial charge on any atom is 0.404 e. The van der Waals surface area contributed by atoms with Gasteiger partial charge in [-0.25, -0.2) is 4.79 Å². The summed E-state index contributed by atoms with van der Waals surface area (Å²) in [6.45, 7) is 18.6. The van der Waals surface area contributed by atoms with E-state index in [1.54, 1.807) is 11.8 Å². The van der Waals surface area contributed by atoms with Crippen molar-refractivity contribution in [2.24, 2.45) is 17.1 Å². The number of amides is 3. The second-order valence-corrected chi connectivity index (χ2v) is 10.6. The van der Waals surface area contributed by atoms with E-state index in [9.17, 15) is 19.6 Å². The Bertz CT molecular complexity index is 1070. The van der Waals surface area contributed by atoms with Gasteiger partial charge in [0.15, 0.2) is 0 Å². The summed E-state index contributed by atoms with van der Waals surface area (Å²) in [7, 11) is 0. The fraction of sp³-hybridized carbons (Fsp3) is 0.600. The highest BCUT2D eigenvalue weighted by atomic mass is 16.5. The smallest absolute Gasteiger partial charge is 0.404 e. The first-order valence-electron chi connectivity index (χ1n) is 13.8. The van der Waals surface area contributed by atoms with Crippen molar-refractivity contribution < 1.29 is 19.1 Å². The van der Waals surface area contributed by atoms with Crippen LogP contribution >= 0.6 is 0 Å². The van der Waals surface area contributed by atoms with Crippen LogP contribution in [0.25, 0.3) is 10.9 Å². The van der Waals surface area contributed by atoms with Crippen LogP contribution in [-0.2, 0) is 20.7 Å². The van der Waals surface area contributed by atoms with E-state index in [0.717, 1.165) is 16.5 Å². The average Bonchev–Trinajstić information content (AvgIpc) is 3.26. The van der Waals surface area contributed by atoms with Crippen molar-refractivity contribution in [1.82, 2.24) is 15.2 Å². The number of nitrogens with one attached hydrogen (secondary N) is 2. The van der Waals surface area contributed by atoms with E-state index in [1.807, 2.05) is 85.9 Å². The predicted molar refractivity (Wildman–Crippen MR) is 157 cm³/mol. The van der Waals surface area contributed by atoms with E-state index >= 15 is 0 Å². The number of carbonyl (C=O) groups is 3. The molecule has 0 aliphatic rings. The van der Waals surface area contributed by atoms with Crippen LogP contribution in [0.3, 0.4) is 0 Å². The van der Waals surface area contributed by atoms with Crippen molar-refractivity contribution in [1.29, 1.82) is 5.26 Å². The van der Waals surface area contributed by atoms with E-state index in [4.69, 9.17) is 0 Å². The number of aromatic amines is 1. The monoisotopic (exact) mass is 543 g/mol. The molecule has 0 spiro atoms. The molecule has 2 aromatic rings. The van der Waals surface area contributed by atoms with Gasteiger partial charge in [0, 0.05) is 36.5 Å². The number of hydrogen-bond donors (Lipinski definition) is 3. The van der Waals surface area contributed by atoms with Crippen molar-refractivity contribution in [2.45, 2.75) is 93.7 Å². The third kappa shape index (κ3) is 13.2. The van der Waals surface area contributed by atoms with Crippen LogP contribution in [0, 0.1) is 22.7 Å². The molecule has 0 bridgehead atoms. The zero-order valence-corrected chi connectivity index (χ0v) is 25.3. The number of aromatic nitrogens is 1. The van der Waals surface area contributed by atoms with Crippen LogP contribution < -0.4 is 11.1 Å². The second kappa shape index (κ2) is 17.9. The molecule has 1 aromatic heterocycles. The topological polar surface area (TPSA) is 141 Å². The van der Waals surface area contributed by atoms with Gasteiger partial charge < -0.3 is 25.7 Å². The Balaban J connectivity index is 0.00000159. The first-order valence-corrected chi connectivity index (χ1v) is 13.8. The fourth-order valence-corrected chi connectivity index (χ4v) is 3.96. The number of primary amides is 1. The number of ether oxygens (including phenoxy) is 1. The number of H-pyrrole nitrogens is 1. The number of carbonyl (C=O) groups excluding carboxylic acids is 3. The van der Waals surface area contributed by atoms with Crippen molar-refractivity contribution in [3.05, 3.63) is 36.0 Å². The normalized spacial score (nSPS) is 12.1. The maximum atomic E-state index is 13.2. The van der Waals surface area contributed by atoms with Gasteiger partial charge in [0.05, 0.1) is 12.7 Å². The van der Waals surface area contributed by atoms with Crippen molar-refractivity contribution in [3.8, 4) is 6.07 Å². The maximum absolute atomic E-state index is 13.2. The molecule has 2 rings (SSSR count). The Kier molecular flexibility index (Phi) is 16.3. The van der Waals surface area contributed by atoms with Gasteiger partial charge in [0.2, 0.25) is 11.8 Å². The lowest BCUT2D eigenvalue weighted by Gasteiger charge is -2.34. The summed E-state index contributed by atoms with van der Waals surface area (Å²) in [6, 6.07) is 8.85. The molecule has 0 saturated heterocycles. The van der Waals surface area contributed by atoms with E-state index in [1.165, 1.54) is 0 Å². The first kappa shape index (κ1) is 35.5. The lowest BCUT2D eigenvalue weighted by molar-refractivity contribution is -0.142. The number of fused-ring (bicyclic) bond motifs is 1. The Morgan fingerprint density at radius 3 is 2.23 bits per heavy atom. The molecule has 0 aliphatic carbocycles. The number of nitriles is 1. The molecule has 1 heterocycles. The van der Waals surface area contributed by atoms with Gasteiger partial charge in [0.1, 0.15) is 12.1 Å². The lowest BCUT2D eigenvalue weighted by atomic mass is 9.91. The summed E-state index contributed by atoms with van der Waals surface area (Å²) in [5.74, 6) is -0.0473. The molecular weight excluding hydrogens is 494 g/mol. The highest BCUT2D eigenvalue weighted by molar-refractivity contribution is 5.88. The number of nitrogens with two attached hydrogens (primary N) is 1. The molecule has 9 nitrogen and oxygen atoms in total. The number of benzene rings is 1. The molecular formula is C30H49N5O4. The SMILES string of the molecule is CC.CCOC(N)=O.CC[C@@H](C(=O)N[C@H](C#N)Cc1c[nH]c2ccccc12)N(CC(C)C)C(=O)CC(C)(C)C. The Hall–Kier alpha value is -3.54. The van der Waals surface area contributed by atoms with Gasteiger partial charge in [-0.2, -0.15) is 5.26 Å². The molecule has 218 valence electrons. The lowest BCUT2D eigenvalue weighted by Crippen LogP contribution is -2.53. The van der Waals surface area contributed by atoms with Crippen LogP contribution in [-0.4, -0.2) is 53.0 Å². The van der Waals surface area contributed by atoms with Gasteiger partial charge >= 0.3 is 6.09 Å². The van der Waals surface area contributed by atoms with Crippen LogP contribution in [0.2, 0.25) is 0 Å². The number of nitrogens with zero attached hydrogens (tertiary/aromatic N) is 2. The number of para-hydroxylation sites is 1. The standard InChI is InChI=1S/C25H36N4O2.C3H7NO2.C2H6/c1-7-22(29(16-17(2)3)23(30)13-25(4,5)6)24(31)28-19(14-26)12-18-15-27-21-11-9-8-10-20(18)21;1-2-6-3(4)5;1-2/h8-11,15,17,19,22,27H,7,12-13,16H2,1-6H3,(H,28,31);2H2,1H3,(H2,4,5);1-2H3/t19-,22-;;/m0../s1. The summed E-state index contributed by atoms with van der Waals surface area (Å²) in [5.41, 5.74) is 6.37. The van der Waals surface area contributed by atoms with Crippen LogP contribution in [0.4, 0.5) is 4.79 Å². The summed E-state index contributed by atoms with van der Waals surface area (Å²) < 4.78 is 4.18. The van der Waals surface area contributed by atoms with Gasteiger partial charge in [0.25, 0.3) is 0 Å². The molecule has 0 saturated carbocycles. The van der Waals surface area contributed by atoms with Gasteiger partial charge in [-0.05, 0) is 36.3 Å². The second-order valence-electron chi connectivity index (χ2n) is 10.6. The molecule has 39 heavy (non-hydrogen) atoms. The Labute approximate surface area is 234 Å². The van der Waals surface area contributed by atoms with E-state index in [0.29, 0.717) is 32.4 Å². The van der Waals surface area contributed by atoms with Crippen LogP contribution in [0.5, 0.6) is 0 Å². The summed E-state index contributed by atoms with van der Waals surface area (Å²) in [4.78, 5) is 40.7. The van der Waals surface area contributed by atoms with Crippen molar-refractivity contribution in [3.63, 3.8) is 0 Å². The highest BCUT2D eigenvalue weighted by Gasteiger charge is 2.32. The zero-order chi connectivity index (χ0) is 30.2. The average molecular weight is 544 g/mol. The van der Waals surface area contributed by atoms with Crippen molar-refractivity contribution >= 4 is 28.8 Å². The molecule has 2 atom stereocenters. The quantitative estimate of drug-likeness (QED) is 0.360. The van der Waals surface area contributed by atoms with E-state index in [2.05, 4.69) is 26.8 Å². The molecule has 0 aliphatic heterocycles. The number of rotatable bonds is 10. The summed E-state index contributed by atoms with van der Waals surface area (Å²) in [5, 5.41) is 13.6. The molecule has 0 unspecified atom stereocenters. The highest BCUT2D eigenvalue weighted by Crippen LogP contribution is 2.23. The van der Waals surface area contributed by atoms with Gasteiger partial charge in [-0.3, -0.25) is 9.59 Å². The van der Waals surface area contributed by atoms with Crippen LogP contribution in [0.15, 0.2) is 30.5 Å². The number of hydrogen-bond acceptors (Lipinski definition) is 5.